The van der Waals surface area contributed by atoms with Gasteiger partial charge in [-0.15, -0.1) is 24.0 Å². The fourth-order valence-corrected chi connectivity index (χ4v) is 2.66. The molecule has 1 aromatic rings. The summed E-state index contributed by atoms with van der Waals surface area (Å²) in [6.45, 7) is 0.708. The van der Waals surface area contributed by atoms with E-state index in [9.17, 15) is 8.78 Å². The number of benzene rings is 1. The molecule has 0 fully saturated rings. The number of hydrogen-bond donors (Lipinski definition) is 2. The first-order chi connectivity index (χ1) is 12.5. The average molecular weight is 565 g/mol. The van der Waals surface area contributed by atoms with Gasteiger partial charge in [0.05, 0.1) is 0 Å². The Hall–Kier alpha value is -0.720. The summed E-state index contributed by atoms with van der Waals surface area (Å²) in [5, 5.41) is 6.31. The van der Waals surface area contributed by atoms with Crippen molar-refractivity contribution < 1.29 is 18.3 Å². The van der Waals surface area contributed by atoms with Crippen molar-refractivity contribution in [3.05, 3.63) is 28.2 Å². The van der Waals surface area contributed by atoms with E-state index in [4.69, 9.17) is 4.74 Å². The van der Waals surface area contributed by atoms with Crippen LogP contribution in [0, 0.1) is 0 Å². The second-order valence-electron chi connectivity index (χ2n) is 5.63. The van der Waals surface area contributed by atoms with Crippen LogP contribution < -0.4 is 15.4 Å². The zero-order valence-electron chi connectivity index (χ0n) is 15.8. The van der Waals surface area contributed by atoms with E-state index in [0.717, 1.165) is 30.6 Å². The van der Waals surface area contributed by atoms with Gasteiger partial charge in [-0.2, -0.15) is 8.78 Å². The number of nitrogens with one attached hydrogen (secondary N) is 2. The molecule has 10 heteroatoms. The maximum Gasteiger partial charge on any atom is 0.387 e. The molecule has 27 heavy (non-hydrogen) atoms. The lowest BCUT2D eigenvalue weighted by atomic mass is 10.2. The van der Waals surface area contributed by atoms with Gasteiger partial charge in [-0.25, -0.2) is 0 Å². The van der Waals surface area contributed by atoms with Gasteiger partial charge in [0, 0.05) is 57.0 Å². The van der Waals surface area contributed by atoms with Gasteiger partial charge in [0.1, 0.15) is 5.75 Å². The lowest BCUT2D eigenvalue weighted by molar-refractivity contribution is -0.0504. The highest BCUT2D eigenvalue weighted by atomic mass is 127. The third kappa shape index (κ3) is 11.7. The van der Waals surface area contributed by atoms with Gasteiger partial charge in [0.15, 0.2) is 5.96 Å². The van der Waals surface area contributed by atoms with E-state index in [1.165, 1.54) is 6.07 Å². The third-order valence-corrected chi connectivity index (χ3v) is 4.08. The summed E-state index contributed by atoms with van der Waals surface area (Å²) >= 11 is 3.34. The quantitative estimate of drug-likeness (QED) is 0.187. The summed E-state index contributed by atoms with van der Waals surface area (Å²) in [7, 11) is 5.40. The fraction of sp³-hybridized carbons (Fsp3) is 0.588. The Morgan fingerprint density at radius 2 is 2.04 bits per heavy atom. The molecule has 0 saturated heterocycles. The summed E-state index contributed by atoms with van der Waals surface area (Å²) < 4.78 is 35.4. The van der Waals surface area contributed by atoms with Gasteiger partial charge in [-0.1, -0.05) is 15.9 Å². The highest BCUT2D eigenvalue weighted by Gasteiger charge is 2.11. The van der Waals surface area contributed by atoms with E-state index in [2.05, 4.69) is 41.2 Å². The summed E-state index contributed by atoms with van der Waals surface area (Å²) in [6.07, 6.45) is 0.982. The van der Waals surface area contributed by atoms with E-state index in [-0.39, 0.29) is 29.7 Å². The highest BCUT2D eigenvalue weighted by molar-refractivity contribution is 14.0. The SMILES string of the molecule is CN=C(NCCN(C)CCCOC)NCc1cc(Br)ccc1OC(F)F.I. The average Bonchev–Trinajstić information content (AvgIpc) is 2.59. The van der Waals surface area contributed by atoms with E-state index in [1.54, 1.807) is 26.3 Å². The zero-order chi connectivity index (χ0) is 19.4. The summed E-state index contributed by atoms with van der Waals surface area (Å²) in [4.78, 5) is 6.34. The van der Waals surface area contributed by atoms with Gasteiger partial charge >= 0.3 is 6.61 Å². The largest absolute Gasteiger partial charge is 0.434 e. The number of likely N-dealkylation sites (N-methyl/N-ethyl adjacent to an activating group) is 1. The van der Waals surface area contributed by atoms with Crippen molar-refractivity contribution in [1.82, 2.24) is 15.5 Å². The van der Waals surface area contributed by atoms with Crippen molar-refractivity contribution in [2.75, 3.05) is 47.4 Å². The second kappa shape index (κ2) is 15.2. The molecule has 0 saturated carbocycles. The van der Waals surface area contributed by atoms with Crippen LogP contribution in [0.3, 0.4) is 0 Å². The number of nitrogens with zero attached hydrogens (tertiary/aromatic N) is 2. The maximum absolute atomic E-state index is 12.5. The number of methoxy groups -OCH3 is 1. The molecule has 0 spiro atoms. The smallest absolute Gasteiger partial charge is 0.387 e. The predicted molar refractivity (Wildman–Crippen MR) is 118 cm³/mol. The molecule has 0 atom stereocenters. The van der Waals surface area contributed by atoms with Crippen LogP contribution in [0.5, 0.6) is 5.75 Å². The molecule has 2 N–H and O–H groups in total. The van der Waals surface area contributed by atoms with Crippen molar-refractivity contribution in [2.24, 2.45) is 4.99 Å². The Kier molecular flexibility index (Phi) is 14.8. The van der Waals surface area contributed by atoms with Crippen LogP contribution in [0.1, 0.15) is 12.0 Å². The van der Waals surface area contributed by atoms with Crippen molar-refractivity contribution in [1.29, 1.82) is 0 Å². The monoisotopic (exact) mass is 564 g/mol. The number of ether oxygens (including phenoxy) is 2. The number of rotatable bonds is 11. The Bertz CT molecular complexity index is 568. The number of hydrogen-bond acceptors (Lipinski definition) is 4. The van der Waals surface area contributed by atoms with Gasteiger partial charge in [0.2, 0.25) is 0 Å². The highest BCUT2D eigenvalue weighted by Crippen LogP contribution is 2.24. The van der Waals surface area contributed by atoms with Gasteiger partial charge in [-0.05, 0) is 31.7 Å². The lowest BCUT2D eigenvalue weighted by Gasteiger charge is -2.18. The van der Waals surface area contributed by atoms with Gasteiger partial charge in [0.25, 0.3) is 0 Å². The van der Waals surface area contributed by atoms with Gasteiger partial charge in [-0.3, -0.25) is 4.99 Å². The van der Waals surface area contributed by atoms with E-state index < -0.39 is 6.61 Å². The minimum absolute atomic E-state index is 0. The Morgan fingerprint density at radius 1 is 1.30 bits per heavy atom. The Labute approximate surface area is 185 Å². The Morgan fingerprint density at radius 3 is 2.67 bits per heavy atom. The number of alkyl halides is 2. The number of aliphatic imine (C=N–C) groups is 1. The van der Waals surface area contributed by atoms with E-state index in [1.807, 2.05) is 7.05 Å². The molecule has 0 heterocycles. The summed E-state index contributed by atoms with van der Waals surface area (Å²) in [6, 6.07) is 4.91. The number of guanidine groups is 1. The van der Waals surface area contributed by atoms with Gasteiger partial charge < -0.3 is 25.0 Å². The molecule has 0 aromatic heterocycles. The molecule has 0 aliphatic carbocycles. The predicted octanol–water partition coefficient (Wildman–Crippen LogP) is 3.30. The van der Waals surface area contributed by atoms with Crippen LogP contribution >= 0.6 is 39.9 Å². The van der Waals surface area contributed by atoms with Crippen molar-refractivity contribution in [3.63, 3.8) is 0 Å². The molecule has 0 unspecified atom stereocenters. The summed E-state index contributed by atoms with van der Waals surface area (Å²) in [5.41, 5.74) is 0.610. The molecule has 0 bridgehead atoms. The van der Waals surface area contributed by atoms with Crippen LogP contribution in [0.2, 0.25) is 0 Å². The first-order valence-electron chi connectivity index (χ1n) is 8.31. The Balaban J connectivity index is 0.00000676. The normalized spacial score (nSPS) is 11.5. The van der Waals surface area contributed by atoms with Crippen molar-refractivity contribution in [3.8, 4) is 5.75 Å². The topological polar surface area (TPSA) is 58.1 Å². The lowest BCUT2D eigenvalue weighted by Crippen LogP contribution is -2.40. The number of halogens is 4. The maximum atomic E-state index is 12.5. The standard InChI is InChI=1S/C17H27BrF2N4O2.HI/c1-21-17(22-7-9-24(2)8-4-10-25-3)23-12-13-11-14(18)5-6-15(13)26-16(19)20;/h5-6,11,16H,4,7-10,12H2,1-3H3,(H2,21,22,23);1H. The molecule has 0 amide bonds. The van der Waals surface area contributed by atoms with Crippen LogP contribution in [0.25, 0.3) is 0 Å². The second-order valence-corrected chi connectivity index (χ2v) is 6.55. The van der Waals surface area contributed by atoms with E-state index in [0.29, 0.717) is 24.6 Å². The zero-order valence-corrected chi connectivity index (χ0v) is 19.7. The minimum atomic E-state index is -2.86. The molecule has 0 aliphatic heterocycles. The first kappa shape index (κ1) is 26.3. The third-order valence-electron chi connectivity index (χ3n) is 3.58. The van der Waals surface area contributed by atoms with Crippen LogP contribution in [-0.2, 0) is 11.3 Å². The molecule has 1 rings (SSSR count). The molecular weight excluding hydrogens is 537 g/mol. The van der Waals surface area contributed by atoms with Crippen LogP contribution in [-0.4, -0.2) is 64.9 Å². The molecule has 6 nitrogen and oxygen atoms in total. The van der Waals surface area contributed by atoms with Crippen molar-refractivity contribution >= 4 is 45.9 Å². The molecule has 0 radical (unpaired) electrons. The van der Waals surface area contributed by atoms with E-state index >= 15 is 0 Å². The fourth-order valence-electron chi connectivity index (χ4n) is 2.25. The van der Waals surface area contributed by atoms with Crippen LogP contribution in [0.15, 0.2) is 27.7 Å². The molecule has 1 aromatic carbocycles. The molecule has 0 aliphatic rings. The minimum Gasteiger partial charge on any atom is -0.434 e. The van der Waals surface area contributed by atoms with Crippen LogP contribution in [0.4, 0.5) is 8.78 Å². The first-order valence-corrected chi connectivity index (χ1v) is 9.10. The molecule has 156 valence electrons. The van der Waals surface area contributed by atoms with Crippen molar-refractivity contribution in [2.45, 2.75) is 19.6 Å². The molecular formula is C17H28BrF2IN4O2. The summed E-state index contributed by atoms with van der Waals surface area (Å²) in [5.74, 6) is 0.738.